The highest BCUT2D eigenvalue weighted by Gasteiger charge is 2.34. The number of ether oxygens (including phenoxy) is 2. The number of carbonyl (C=O) groups excluding carboxylic acids is 1. The number of thiocarbonyl (C=S) groups is 1. The highest BCUT2D eigenvalue weighted by atomic mass is 32.1. The summed E-state index contributed by atoms with van der Waals surface area (Å²) in [6.45, 7) is 4.62. The van der Waals surface area contributed by atoms with E-state index in [9.17, 15) is 9.90 Å². The lowest BCUT2D eigenvalue weighted by atomic mass is 9.94. The molecule has 7 heteroatoms. The number of esters is 1. The molecular weight excluding hydrogens is 328 g/mol. The van der Waals surface area contributed by atoms with E-state index in [1.807, 2.05) is 18.7 Å². The summed E-state index contributed by atoms with van der Waals surface area (Å²) >= 11 is 5.46. The summed E-state index contributed by atoms with van der Waals surface area (Å²) in [4.78, 5) is 14.3. The van der Waals surface area contributed by atoms with Crippen molar-refractivity contribution in [2.24, 2.45) is 0 Å². The van der Waals surface area contributed by atoms with Gasteiger partial charge in [0.1, 0.15) is 0 Å². The summed E-state index contributed by atoms with van der Waals surface area (Å²) in [5.41, 5.74) is 2.01. The summed E-state index contributed by atoms with van der Waals surface area (Å²) in [6.07, 6.45) is 0.894. The maximum Gasteiger partial charge on any atom is 0.337 e. The van der Waals surface area contributed by atoms with Crippen LogP contribution in [0.2, 0.25) is 0 Å². The molecule has 1 heterocycles. The molecular formula is C17H22N2O4S. The number of hydrogen-bond acceptors (Lipinski definition) is 5. The van der Waals surface area contributed by atoms with Crippen LogP contribution in [0.15, 0.2) is 29.5 Å². The molecule has 1 aliphatic heterocycles. The van der Waals surface area contributed by atoms with E-state index in [2.05, 4.69) is 5.32 Å². The van der Waals surface area contributed by atoms with Crippen LogP contribution in [0.3, 0.4) is 0 Å². The maximum absolute atomic E-state index is 12.4. The number of rotatable bonds is 5. The zero-order chi connectivity index (χ0) is 17.9. The maximum atomic E-state index is 12.4. The first-order valence-corrected chi connectivity index (χ1v) is 8.09. The first-order chi connectivity index (χ1) is 11.4. The quantitative estimate of drug-likeness (QED) is 0.624. The van der Waals surface area contributed by atoms with Crippen molar-refractivity contribution in [1.82, 2.24) is 10.2 Å². The normalized spacial score (nSPS) is 17.6. The largest absolute Gasteiger partial charge is 0.504 e. The van der Waals surface area contributed by atoms with Crippen LogP contribution in [0.1, 0.15) is 31.9 Å². The number of aromatic hydroxyl groups is 1. The SMILES string of the molecule is CCCN1C(=S)NC(c2ccc(O)c(OC)c2)C(C(=O)OC)=C1C. The van der Waals surface area contributed by atoms with Gasteiger partial charge in [-0.25, -0.2) is 4.79 Å². The lowest BCUT2D eigenvalue weighted by molar-refractivity contribution is -0.136. The first kappa shape index (κ1) is 18.1. The molecule has 1 aliphatic rings. The number of nitrogens with one attached hydrogen (secondary N) is 1. The van der Waals surface area contributed by atoms with E-state index < -0.39 is 12.0 Å². The number of methoxy groups -OCH3 is 2. The smallest absolute Gasteiger partial charge is 0.337 e. The van der Waals surface area contributed by atoms with E-state index in [0.717, 1.165) is 17.7 Å². The van der Waals surface area contributed by atoms with E-state index in [-0.39, 0.29) is 5.75 Å². The number of benzene rings is 1. The van der Waals surface area contributed by atoms with Crippen molar-refractivity contribution < 1.29 is 19.4 Å². The number of carbonyl (C=O) groups is 1. The molecule has 0 radical (unpaired) electrons. The van der Waals surface area contributed by atoms with Gasteiger partial charge in [0.15, 0.2) is 16.6 Å². The molecule has 0 aliphatic carbocycles. The Labute approximate surface area is 147 Å². The summed E-state index contributed by atoms with van der Waals surface area (Å²) in [6, 6.07) is 4.47. The minimum Gasteiger partial charge on any atom is -0.504 e. The fourth-order valence-electron chi connectivity index (χ4n) is 2.77. The standard InChI is InChI=1S/C17H22N2O4S/c1-5-8-19-10(2)14(16(21)23-4)15(18-17(19)24)11-6-7-12(20)13(9-11)22-3/h6-7,9,15,20H,5,8H2,1-4H3,(H,18,24). The Kier molecular flexibility index (Phi) is 5.66. The highest BCUT2D eigenvalue weighted by molar-refractivity contribution is 7.80. The molecule has 6 nitrogen and oxygen atoms in total. The molecule has 1 unspecified atom stereocenters. The second-order valence-electron chi connectivity index (χ2n) is 5.46. The van der Waals surface area contributed by atoms with Gasteiger partial charge in [-0.1, -0.05) is 13.0 Å². The molecule has 0 bridgehead atoms. The van der Waals surface area contributed by atoms with Gasteiger partial charge < -0.3 is 24.8 Å². The molecule has 0 spiro atoms. The van der Waals surface area contributed by atoms with Gasteiger partial charge >= 0.3 is 5.97 Å². The Morgan fingerprint density at radius 3 is 2.71 bits per heavy atom. The van der Waals surface area contributed by atoms with Crippen LogP contribution in [0.25, 0.3) is 0 Å². The lowest BCUT2D eigenvalue weighted by Crippen LogP contribution is -2.48. The Balaban J connectivity index is 2.55. The molecule has 0 fully saturated rings. The van der Waals surface area contributed by atoms with E-state index in [4.69, 9.17) is 21.7 Å². The highest BCUT2D eigenvalue weighted by Crippen LogP contribution is 2.35. The second kappa shape index (κ2) is 7.53. The third-order valence-corrected chi connectivity index (χ3v) is 4.32. The molecule has 1 aromatic rings. The fraction of sp³-hybridized carbons (Fsp3) is 0.412. The van der Waals surface area contributed by atoms with Crippen LogP contribution in [0.4, 0.5) is 0 Å². The average molecular weight is 350 g/mol. The molecule has 0 aromatic heterocycles. The average Bonchev–Trinajstić information content (AvgIpc) is 2.58. The zero-order valence-electron chi connectivity index (χ0n) is 14.3. The predicted molar refractivity (Wildman–Crippen MR) is 94.8 cm³/mol. The molecule has 24 heavy (non-hydrogen) atoms. The van der Waals surface area contributed by atoms with Crippen molar-refractivity contribution in [3.05, 3.63) is 35.0 Å². The Hall–Kier alpha value is -2.28. The van der Waals surface area contributed by atoms with Gasteiger partial charge in [-0.2, -0.15) is 0 Å². The van der Waals surface area contributed by atoms with Crippen molar-refractivity contribution >= 4 is 23.3 Å². The molecule has 2 N–H and O–H groups in total. The fourth-order valence-corrected chi connectivity index (χ4v) is 3.12. The van der Waals surface area contributed by atoms with Crippen LogP contribution in [0.5, 0.6) is 11.5 Å². The van der Waals surface area contributed by atoms with Gasteiger partial charge in [-0.15, -0.1) is 0 Å². The van der Waals surface area contributed by atoms with Gasteiger partial charge in [-0.05, 0) is 43.3 Å². The van der Waals surface area contributed by atoms with Crippen molar-refractivity contribution in [2.75, 3.05) is 20.8 Å². The second-order valence-corrected chi connectivity index (χ2v) is 5.84. The van der Waals surface area contributed by atoms with Gasteiger partial charge in [0.25, 0.3) is 0 Å². The molecule has 1 atom stereocenters. The van der Waals surface area contributed by atoms with E-state index in [1.165, 1.54) is 20.3 Å². The van der Waals surface area contributed by atoms with Crippen molar-refractivity contribution in [1.29, 1.82) is 0 Å². The summed E-state index contributed by atoms with van der Waals surface area (Å²) in [5, 5.41) is 13.5. The minimum atomic E-state index is -0.465. The van der Waals surface area contributed by atoms with Gasteiger partial charge in [0.05, 0.1) is 25.8 Å². The monoisotopic (exact) mass is 350 g/mol. The topological polar surface area (TPSA) is 71.0 Å². The van der Waals surface area contributed by atoms with E-state index in [0.29, 0.717) is 23.0 Å². The zero-order valence-corrected chi connectivity index (χ0v) is 15.1. The number of hydrogen-bond donors (Lipinski definition) is 2. The Morgan fingerprint density at radius 1 is 1.42 bits per heavy atom. The number of phenolic OH excluding ortho intramolecular Hbond substituents is 1. The molecule has 130 valence electrons. The van der Waals surface area contributed by atoms with Crippen molar-refractivity contribution in [3.8, 4) is 11.5 Å². The molecule has 0 saturated carbocycles. The summed E-state index contributed by atoms with van der Waals surface area (Å²) in [5.74, 6) is -0.0497. The van der Waals surface area contributed by atoms with Crippen molar-refractivity contribution in [2.45, 2.75) is 26.3 Å². The Bertz CT molecular complexity index is 687. The van der Waals surface area contributed by atoms with Gasteiger partial charge in [0.2, 0.25) is 0 Å². The summed E-state index contributed by atoms with van der Waals surface area (Å²) in [7, 11) is 2.83. The minimum absolute atomic E-state index is 0.0348. The van der Waals surface area contributed by atoms with Crippen LogP contribution in [0, 0.1) is 0 Å². The van der Waals surface area contributed by atoms with Crippen LogP contribution < -0.4 is 10.1 Å². The molecule has 1 aromatic carbocycles. The number of phenols is 1. The molecule has 2 rings (SSSR count). The van der Waals surface area contributed by atoms with E-state index >= 15 is 0 Å². The first-order valence-electron chi connectivity index (χ1n) is 7.68. The van der Waals surface area contributed by atoms with Crippen molar-refractivity contribution in [3.63, 3.8) is 0 Å². The van der Waals surface area contributed by atoms with Gasteiger partial charge in [0, 0.05) is 12.2 Å². The van der Waals surface area contributed by atoms with Gasteiger partial charge in [-0.3, -0.25) is 0 Å². The third-order valence-electron chi connectivity index (χ3n) is 3.99. The van der Waals surface area contributed by atoms with Crippen LogP contribution in [-0.4, -0.2) is 41.9 Å². The van der Waals surface area contributed by atoms with Crippen LogP contribution in [-0.2, 0) is 9.53 Å². The van der Waals surface area contributed by atoms with E-state index in [1.54, 1.807) is 12.1 Å². The van der Waals surface area contributed by atoms with Crippen LogP contribution >= 0.6 is 12.2 Å². The predicted octanol–water partition coefficient (Wildman–Crippen LogP) is 2.49. The number of allylic oxidation sites excluding steroid dienone is 1. The number of nitrogens with zero attached hydrogens (tertiary/aromatic N) is 1. The summed E-state index contributed by atoms with van der Waals surface area (Å²) < 4.78 is 10.1. The third kappa shape index (κ3) is 3.31. The lowest BCUT2D eigenvalue weighted by Gasteiger charge is -2.37. The Morgan fingerprint density at radius 2 is 2.12 bits per heavy atom. The molecule has 0 saturated heterocycles. The molecule has 0 amide bonds.